The Morgan fingerprint density at radius 3 is 2.64 bits per heavy atom. The van der Waals surface area contributed by atoms with E-state index in [9.17, 15) is 9.59 Å². The molecular formula is C22H30N2O4. The maximum Gasteiger partial charge on any atom is 0.223 e. The van der Waals surface area contributed by atoms with E-state index in [0.29, 0.717) is 44.9 Å². The minimum atomic E-state index is -0.212. The number of likely N-dealkylation sites (tertiary alicyclic amines) is 2. The molecule has 3 aliphatic heterocycles. The summed E-state index contributed by atoms with van der Waals surface area (Å²) in [5.41, 5.74) is 0.849. The molecule has 3 heterocycles. The second kappa shape index (κ2) is 8.11. The van der Waals surface area contributed by atoms with Gasteiger partial charge in [0.25, 0.3) is 0 Å². The van der Waals surface area contributed by atoms with Crippen LogP contribution in [0.3, 0.4) is 0 Å². The Hall–Kier alpha value is -2.08. The molecule has 0 N–H and O–H groups in total. The molecule has 4 rings (SSSR count). The van der Waals surface area contributed by atoms with Gasteiger partial charge in [0.15, 0.2) is 0 Å². The van der Waals surface area contributed by atoms with Crippen molar-refractivity contribution in [2.24, 2.45) is 5.92 Å². The van der Waals surface area contributed by atoms with Gasteiger partial charge in [-0.3, -0.25) is 9.59 Å². The Morgan fingerprint density at radius 1 is 1.14 bits per heavy atom. The van der Waals surface area contributed by atoms with E-state index in [0.717, 1.165) is 43.7 Å². The van der Waals surface area contributed by atoms with E-state index in [1.807, 2.05) is 34.1 Å². The minimum Gasteiger partial charge on any atom is -0.496 e. The van der Waals surface area contributed by atoms with Gasteiger partial charge in [0.05, 0.1) is 26.8 Å². The molecule has 0 aliphatic carbocycles. The fourth-order valence-corrected chi connectivity index (χ4v) is 4.77. The van der Waals surface area contributed by atoms with Crippen LogP contribution in [0.25, 0.3) is 0 Å². The van der Waals surface area contributed by atoms with Gasteiger partial charge in [-0.05, 0) is 43.2 Å². The Bertz CT molecular complexity index is 723. The largest absolute Gasteiger partial charge is 0.496 e. The van der Waals surface area contributed by atoms with Gasteiger partial charge < -0.3 is 19.3 Å². The summed E-state index contributed by atoms with van der Waals surface area (Å²) in [6, 6.07) is 7.84. The third kappa shape index (κ3) is 4.02. The van der Waals surface area contributed by atoms with E-state index in [1.54, 1.807) is 7.11 Å². The molecule has 1 aromatic carbocycles. The fraction of sp³-hybridized carbons (Fsp3) is 0.636. The van der Waals surface area contributed by atoms with E-state index in [1.165, 1.54) is 0 Å². The number of nitrogens with zero attached hydrogens (tertiary/aromatic N) is 2. The molecule has 3 saturated heterocycles. The van der Waals surface area contributed by atoms with Gasteiger partial charge in [-0.2, -0.15) is 0 Å². The van der Waals surface area contributed by atoms with Gasteiger partial charge in [0.2, 0.25) is 11.8 Å². The van der Waals surface area contributed by atoms with Gasteiger partial charge in [0, 0.05) is 25.9 Å². The molecule has 2 amide bonds. The standard InChI is InChI=1S/C22H30N2O4/c1-27-19-7-3-2-6-18(19)8-9-20(25)24-15-22(16-24)13-17(14-28-22)12-21(26)23-10-4-5-11-23/h2-3,6-7,17H,4-5,8-16H2,1H3. The molecule has 152 valence electrons. The van der Waals surface area contributed by atoms with Crippen LogP contribution in [0.2, 0.25) is 0 Å². The quantitative estimate of drug-likeness (QED) is 0.753. The smallest absolute Gasteiger partial charge is 0.223 e. The highest BCUT2D eigenvalue weighted by Gasteiger charge is 2.51. The highest BCUT2D eigenvalue weighted by atomic mass is 16.5. The number of hydrogen-bond acceptors (Lipinski definition) is 4. The van der Waals surface area contributed by atoms with Crippen molar-refractivity contribution in [2.75, 3.05) is 39.9 Å². The molecular weight excluding hydrogens is 356 g/mol. The third-order valence-electron chi connectivity index (χ3n) is 6.32. The average molecular weight is 386 g/mol. The normalized spacial score (nSPS) is 23.1. The first-order valence-electron chi connectivity index (χ1n) is 10.4. The molecule has 3 aliphatic rings. The second-order valence-electron chi connectivity index (χ2n) is 8.42. The van der Waals surface area contributed by atoms with Gasteiger partial charge in [-0.1, -0.05) is 18.2 Å². The molecule has 0 aromatic heterocycles. The number of para-hydroxylation sites is 1. The zero-order valence-corrected chi connectivity index (χ0v) is 16.7. The number of aryl methyl sites for hydroxylation is 1. The Morgan fingerprint density at radius 2 is 1.89 bits per heavy atom. The maximum absolute atomic E-state index is 12.5. The topological polar surface area (TPSA) is 59.1 Å². The number of rotatable bonds is 6. The zero-order valence-electron chi connectivity index (χ0n) is 16.7. The summed E-state index contributed by atoms with van der Waals surface area (Å²) >= 11 is 0. The molecule has 3 fully saturated rings. The van der Waals surface area contributed by atoms with Crippen molar-refractivity contribution in [2.45, 2.75) is 44.1 Å². The second-order valence-corrected chi connectivity index (χ2v) is 8.42. The average Bonchev–Trinajstić information content (AvgIpc) is 3.35. The summed E-state index contributed by atoms with van der Waals surface area (Å²) in [6.07, 6.45) is 4.89. The van der Waals surface area contributed by atoms with Crippen molar-refractivity contribution >= 4 is 11.8 Å². The predicted octanol–water partition coefficient (Wildman–Crippen LogP) is 2.26. The summed E-state index contributed by atoms with van der Waals surface area (Å²) < 4.78 is 11.4. The van der Waals surface area contributed by atoms with Crippen LogP contribution in [0, 0.1) is 5.92 Å². The lowest BCUT2D eigenvalue weighted by molar-refractivity contribution is -0.157. The van der Waals surface area contributed by atoms with Crippen molar-refractivity contribution in [1.29, 1.82) is 0 Å². The number of amides is 2. The highest BCUT2D eigenvalue weighted by Crippen LogP contribution is 2.39. The van der Waals surface area contributed by atoms with Gasteiger partial charge in [-0.25, -0.2) is 0 Å². The summed E-state index contributed by atoms with van der Waals surface area (Å²) in [4.78, 5) is 28.8. The van der Waals surface area contributed by atoms with Crippen LogP contribution in [-0.2, 0) is 20.7 Å². The number of methoxy groups -OCH3 is 1. The van der Waals surface area contributed by atoms with Gasteiger partial charge >= 0.3 is 0 Å². The first kappa shape index (κ1) is 19.2. The van der Waals surface area contributed by atoms with E-state index in [4.69, 9.17) is 9.47 Å². The lowest BCUT2D eigenvalue weighted by atomic mass is 9.85. The summed E-state index contributed by atoms with van der Waals surface area (Å²) in [6.45, 7) is 3.78. The van der Waals surface area contributed by atoms with E-state index in [-0.39, 0.29) is 17.4 Å². The maximum atomic E-state index is 12.5. The first-order chi connectivity index (χ1) is 13.6. The SMILES string of the molecule is COc1ccccc1CCC(=O)N1CC2(CC(CC(=O)N3CCCC3)CO2)C1. The number of ether oxygens (including phenoxy) is 2. The Labute approximate surface area is 166 Å². The fourth-order valence-electron chi connectivity index (χ4n) is 4.77. The highest BCUT2D eigenvalue weighted by molar-refractivity contribution is 5.78. The Kier molecular flexibility index (Phi) is 5.58. The van der Waals surface area contributed by atoms with Crippen molar-refractivity contribution in [1.82, 2.24) is 9.80 Å². The zero-order chi connectivity index (χ0) is 19.6. The lowest BCUT2D eigenvalue weighted by Crippen LogP contribution is -2.63. The predicted molar refractivity (Wildman–Crippen MR) is 105 cm³/mol. The summed E-state index contributed by atoms with van der Waals surface area (Å²) in [5.74, 6) is 1.56. The minimum absolute atomic E-state index is 0.164. The number of hydrogen-bond donors (Lipinski definition) is 0. The molecule has 1 spiro atoms. The van der Waals surface area contributed by atoms with Crippen molar-refractivity contribution in [3.05, 3.63) is 29.8 Å². The monoisotopic (exact) mass is 386 g/mol. The number of carbonyl (C=O) groups is 2. The number of carbonyl (C=O) groups excluding carboxylic acids is 2. The Balaban J connectivity index is 1.21. The molecule has 0 radical (unpaired) electrons. The molecule has 6 heteroatoms. The summed E-state index contributed by atoms with van der Waals surface area (Å²) in [5, 5.41) is 0. The molecule has 1 atom stereocenters. The van der Waals surface area contributed by atoms with Crippen molar-refractivity contribution in [3.63, 3.8) is 0 Å². The van der Waals surface area contributed by atoms with Crippen LogP contribution in [0.5, 0.6) is 5.75 Å². The molecule has 28 heavy (non-hydrogen) atoms. The third-order valence-corrected chi connectivity index (χ3v) is 6.32. The van der Waals surface area contributed by atoms with Crippen LogP contribution in [0.15, 0.2) is 24.3 Å². The lowest BCUT2D eigenvalue weighted by Gasteiger charge is -2.47. The molecule has 1 aromatic rings. The van der Waals surface area contributed by atoms with Crippen LogP contribution < -0.4 is 4.74 Å². The molecule has 6 nitrogen and oxygen atoms in total. The first-order valence-corrected chi connectivity index (χ1v) is 10.4. The molecule has 0 saturated carbocycles. The van der Waals surface area contributed by atoms with Crippen LogP contribution in [0.4, 0.5) is 0 Å². The van der Waals surface area contributed by atoms with Crippen LogP contribution >= 0.6 is 0 Å². The van der Waals surface area contributed by atoms with E-state index >= 15 is 0 Å². The molecule has 1 unspecified atom stereocenters. The van der Waals surface area contributed by atoms with Gasteiger partial charge in [0.1, 0.15) is 11.4 Å². The van der Waals surface area contributed by atoms with Crippen molar-refractivity contribution in [3.8, 4) is 5.75 Å². The summed E-state index contributed by atoms with van der Waals surface area (Å²) in [7, 11) is 1.65. The van der Waals surface area contributed by atoms with Crippen molar-refractivity contribution < 1.29 is 19.1 Å². The van der Waals surface area contributed by atoms with Gasteiger partial charge in [-0.15, -0.1) is 0 Å². The van der Waals surface area contributed by atoms with Crippen LogP contribution in [-0.4, -0.2) is 67.1 Å². The van der Waals surface area contributed by atoms with E-state index in [2.05, 4.69) is 0 Å². The van der Waals surface area contributed by atoms with E-state index < -0.39 is 0 Å². The number of benzene rings is 1. The van der Waals surface area contributed by atoms with Crippen LogP contribution in [0.1, 0.15) is 37.7 Å². The molecule has 0 bridgehead atoms.